The quantitative estimate of drug-likeness (QED) is 0.706. The maximum absolute atomic E-state index is 13.0. The molecule has 0 aliphatic heterocycles. The number of hydrogen-bond donors (Lipinski definition) is 2. The predicted molar refractivity (Wildman–Crippen MR) is 101 cm³/mol. The number of carbonyl (C=O) groups excluding carboxylic acids is 1. The fourth-order valence-corrected chi connectivity index (χ4v) is 3.62. The van der Waals surface area contributed by atoms with Crippen LogP contribution >= 0.6 is 12.4 Å². The van der Waals surface area contributed by atoms with E-state index in [1.54, 1.807) is 7.11 Å². The summed E-state index contributed by atoms with van der Waals surface area (Å²) in [5, 5.41) is 6.42. The summed E-state index contributed by atoms with van der Waals surface area (Å²) in [7, 11) is 1.69. The van der Waals surface area contributed by atoms with Gasteiger partial charge in [-0.3, -0.25) is 4.79 Å². The molecule has 0 bridgehead atoms. The van der Waals surface area contributed by atoms with Crippen LogP contribution in [0.4, 0.5) is 0 Å². The Morgan fingerprint density at radius 2 is 1.83 bits per heavy atom. The fraction of sp³-hybridized carbons (Fsp3) is 0.632. The Balaban J connectivity index is 0.00000288. The summed E-state index contributed by atoms with van der Waals surface area (Å²) in [6, 6.07) is 8.35. The molecular weight excluding hydrogens is 324 g/mol. The summed E-state index contributed by atoms with van der Waals surface area (Å²) in [5.41, 5.74) is 2.10. The molecule has 1 amide bonds. The van der Waals surface area contributed by atoms with Gasteiger partial charge in [0.2, 0.25) is 5.91 Å². The summed E-state index contributed by atoms with van der Waals surface area (Å²) in [6.07, 6.45) is 5.42. The van der Waals surface area contributed by atoms with E-state index in [1.165, 1.54) is 17.5 Å². The average Bonchev–Trinajstić information content (AvgIpc) is 2.59. The lowest BCUT2D eigenvalue weighted by Crippen LogP contribution is -2.47. The SMILES string of the molecule is COCCNCCNC(=O)C1(c2ccccc2C)CCCCC1.Cl. The second-order valence-corrected chi connectivity index (χ2v) is 6.46. The van der Waals surface area contributed by atoms with Crippen molar-refractivity contribution in [3.8, 4) is 0 Å². The highest BCUT2D eigenvalue weighted by Crippen LogP contribution is 2.41. The van der Waals surface area contributed by atoms with Gasteiger partial charge < -0.3 is 15.4 Å². The van der Waals surface area contributed by atoms with E-state index in [2.05, 4.69) is 35.8 Å². The third-order valence-corrected chi connectivity index (χ3v) is 4.87. The van der Waals surface area contributed by atoms with Crippen molar-refractivity contribution in [2.45, 2.75) is 44.4 Å². The van der Waals surface area contributed by atoms with Gasteiger partial charge in [0.1, 0.15) is 0 Å². The molecule has 0 spiro atoms. The zero-order chi connectivity index (χ0) is 16.5. The van der Waals surface area contributed by atoms with Crippen molar-refractivity contribution >= 4 is 18.3 Å². The third kappa shape index (κ3) is 5.20. The van der Waals surface area contributed by atoms with Crippen LogP contribution in [0.15, 0.2) is 24.3 Å². The van der Waals surface area contributed by atoms with Crippen molar-refractivity contribution in [1.29, 1.82) is 0 Å². The van der Waals surface area contributed by atoms with Gasteiger partial charge in [0.05, 0.1) is 12.0 Å². The summed E-state index contributed by atoms with van der Waals surface area (Å²) in [4.78, 5) is 13.0. The van der Waals surface area contributed by atoms with Crippen molar-refractivity contribution in [2.75, 3.05) is 33.4 Å². The zero-order valence-corrected chi connectivity index (χ0v) is 15.7. The average molecular weight is 355 g/mol. The Labute approximate surface area is 152 Å². The molecule has 0 radical (unpaired) electrons. The molecule has 136 valence electrons. The summed E-state index contributed by atoms with van der Waals surface area (Å²) < 4.78 is 5.00. The highest BCUT2D eigenvalue weighted by molar-refractivity contribution is 5.88. The molecule has 0 saturated heterocycles. The van der Waals surface area contributed by atoms with Crippen molar-refractivity contribution in [1.82, 2.24) is 10.6 Å². The number of amides is 1. The molecule has 1 fully saturated rings. The molecule has 1 aromatic carbocycles. The van der Waals surface area contributed by atoms with Gasteiger partial charge in [-0.25, -0.2) is 0 Å². The fourth-order valence-electron chi connectivity index (χ4n) is 3.62. The number of benzene rings is 1. The van der Waals surface area contributed by atoms with E-state index < -0.39 is 0 Å². The second kappa shape index (κ2) is 10.7. The monoisotopic (exact) mass is 354 g/mol. The molecule has 5 heteroatoms. The molecule has 1 saturated carbocycles. The Morgan fingerprint density at radius 3 is 2.50 bits per heavy atom. The summed E-state index contributed by atoms with van der Waals surface area (Å²) >= 11 is 0. The van der Waals surface area contributed by atoms with Gasteiger partial charge in [-0.2, -0.15) is 0 Å². The first-order valence-corrected chi connectivity index (χ1v) is 8.75. The van der Waals surface area contributed by atoms with E-state index in [0.717, 1.165) is 38.8 Å². The molecule has 1 aromatic rings. The Morgan fingerprint density at radius 1 is 1.12 bits per heavy atom. The van der Waals surface area contributed by atoms with E-state index >= 15 is 0 Å². The van der Waals surface area contributed by atoms with Gasteiger partial charge in [0, 0.05) is 26.7 Å². The van der Waals surface area contributed by atoms with Crippen molar-refractivity contribution in [3.63, 3.8) is 0 Å². The molecular formula is C19H31ClN2O2. The minimum Gasteiger partial charge on any atom is -0.383 e. The lowest BCUT2D eigenvalue weighted by Gasteiger charge is -2.37. The van der Waals surface area contributed by atoms with Gasteiger partial charge in [0.15, 0.2) is 0 Å². The zero-order valence-electron chi connectivity index (χ0n) is 14.9. The van der Waals surface area contributed by atoms with Crippen LogP contribution in [0.2, 0.25) is 0 Å². The Bertz CT molecular complexity index is 502. The highest BCUT2D eigenvalue weighted by Gasteiger charge is 2.41. The normalized spacial score (nSPS) is 16.2. The van der Waals surface area contributed by atoms with Crippen molar-refractivity contribution < 1.29 is 9.53 Å². The second-order valence-electron chi connectivity index (χ2n) is 6.46. The van der Waals surface area contributed by atoms with Crippen molar-refractivity contribution in [3.05, 3.63) is 35.4 Å². The number of nitrogens with one attached hydrogen (secondary N) is 2. The predicted octanol–water partition coefficient (Wildman–Crippen LogP) is 2.97. The van der Waals surface area contributed by atoms with Crippen LogP contribution in [-0.2, 0) is 14.9 Å². The molecule has 1 aliphatic carbocycles. The number of hydrogen-bond acceptors (Lipinski definition) is 3. The van der Waals surface area contributed by atoms with E-state index in [4.69, 9.17) is 4.74 Å². The van der Waals surface area contributed by atoms with Crippen LogP contribution in [0.5, 0.6) is 0 Å². The number of ether oxygens (including phenoxy) is 1. The molecule has 0 unspecified atom stereocenters. The number of carbonyl (C=O) groups is 1. The minimum absolute atomic E-state index is 0. The molecule has 1 aliphatic rings. The van der Waals surface area contributed by atoms with Crippen LogP contribution < -0.4 is 10.6 Å². The maximum Gasteiger partial charge on any atom is 0.230 e. The maximum atomic E-state index is 13.0. The van der Waals surface area contributed by atoms with E-state index in [1.807, 2.05) is 6.07 Å². The lowest BCUT2D eigenvalue weighted by atomic mass is 9.67. The number of methoxy groups -OCH3 is 1. The van der Waals surface area contributed by atoms with E-state index in [0.29, 0.717) is 13.2 Å². The van der Waals surface area contributed by atoms with Crippen LogP contribution in [-0.4, -0.2) is 39.3 Å². The first-order chi connectivity index (χ1) is 11.2. The van der Waals surface area contributed by atoms with Gasteiger partial charge >= 0.3 is 0 Å². The van der Waals surface area contributed by atoms with Gasteiger partial charge in [-0.15, -0.1) is 12.4 Å². The lowest BCUT2D eigenvalue weighted by molar-refractivity contribution is -0.128. The Hall–Kier alpha value is -1.10. The van der Waals surface area contributed by atoms with Crippen LogP contribution in [0.25, 0.3) is 0 Å². The summed E-state index contributed by atoms with van der Waals surface area (Å²) in [5.74, 6) is 0.194. The minimum atomic E-state index is -0.337. The Kier molecular flexibility index (Phi) is 9.34. The highest BCUT2D eigenvalue weighted by atomic mass is 35.5. The standard InChI is InChI=1S/C19H30N2O2.ClH/c1-16-8-4-5-9-17(16)19(10-6-3-7-11-19)18(22)21-13-12-20-14-15-23-2;/h4-5,8-9,20H,3,6-7,10-15H2,1-2H3,(H,21,22);1H. The van der Waals surface area contributed by atoms with Gasteiger partial charge in [-0.1, -0.05) is 43.5 Å². The van der Waals surface area contributed by atoms with E-state index in [9.17, 15) is 4.79 Å². The molecule has 2 N–H and O–H groups in total. The van der Waals surface area contributed by atoms with Gasteiger partial charge in [-0.05, 0) is 30.9 Å². The molecule has 0 heterocycles. The molecule has 4 nitrogen and oxygen atoms in total. The largest absolute Gasteiger partial charge is 0.383 e. The molecule has 0 atom stereocenters. The molecule has 0 aromatic heterocycles. The number of halogens is 1. The summed E-state index contributed by atoms with van der Waals surface area (Å²) in [6.45, 7) is 5.07. The van der Waals surface area contributed by atoms with Crippen LogP contribution in [0, 0.1) is 6.92 Å². The topological polar surface area (TPSA) is 50.4 Å². The molecule has 24 heavy (non-hydrogen) atoms. The molecule has 2 rings (SSSR count). The van der Waals surface area contributed by atoms with E-state index in [-0.39, 0.29) is 23.7 Å². The number of rotatable bonds is 8. The van der Waals surface area contributed by atoms with Gasteiger partial charge in [0.25, 0.3) is 0 Å². The smallest absolute Gasteiger partial charge is 0.230 e. The first-order valence-electron chi connectivity index (χ1n) is 8.75. The van der Waals surface area contributed by atoms with Crippen LogP contribution in [0.3, 0.4) is 0 Å². The van der Waals surface area contributed by atoms with Crippen molar-refractivity contribution in [2.24, 2.45) is 0 Å². The number of aryl methyl sites for hydroxylation is 1. The third-order valence-electron chi connectivity index (χ3n) is 4.87. The van der Waals surface area contributed by atoms with Crippen LogP contribution in [0.1, 0.15) is 43.2 Å². The first kappa shape index (κ1) is 20.9.